The van der Waals surface area contributed by atoms with E-state index in [1.807, 2.05) is 53.4 Å². The maximum absolute atomic E-state index is 12.4. The van der Waals surface area contributed by atoms with E-state index in [1.54, 1.807) is 17.2 Å². The summed E-state index contributed by atoms with van der Waals surface area (Å²) < 4.78 is -1.78. The zero-order chi connectivity index (χ0) is 20.1. The average Bonchev–Trinajstić information content (AvgIpc) is 3.06. The van der Waals surface area contributed by atoms with Crippen LogP contribution in [0.2, 0.25) is 0 Å². The molecule has 1 unspecified atom stereocenters. The van der Waals surface area contributed by atoms with Crippen LogP contribution >= 0.6 is 47.0 Å². The summed E-state index contributed by atoms with van der Waals surface area (Å²) in [4.78, 5) is 20.2. The van der Waals surface area contributed by atoms with Crippen molar-refractivity contribution in [2.24, 2.45) is 0 Å². The molecule has 1 atom stereocenters. The molecule has 0 aliphatic carbocycles. The average molecular weight is 456 g/mol. The third-order valence-corrected chi connectivity index (χ3v) is 5.17. The van der Waals surface area contributed by atoms with Crippen molar-refractivity contribution in [3.8, 4) is 0 Å². The molecule has 2 aromatic rings. The number of rotatable bonds is 5. The maximum atomic E-state index is 12.4. The van der Waals surface area contributed by atoms with Gasteiger partial charge in [0, 0.05) is 25.4 Å². The predicted molar refractivity (Wildman–Crippen MR) is 119 cm³/mol. The van der Waals surface area contributed by atoms with Gasteiger partial charge in [-0.1, -0.05) is 71.2 Å². The molecule has 1 aromatic heterocycles. The Morgan fingerprint density at radius 1 is 1.14 bits per heavy atom. The van der Waals surface area contributed by atoms with E-state index in [9.17, 15) is 4.79 Å². The number of hydrogen-bond donors (Lipinski definition) is 1. The summed E-state index contributed by atoms with van der Waals surface area (Å²) in [7, 11) is 0. The molecule has 28 heavy (non-hydrogen) atoms. The number of benzene rings is 1. The number of thiocarbonyl (C=S) groups is 1. The van der Waals surface area contributed by atoms with E-state index < -0.39 is 9.96 Å². The van der Waals surface area contributed by atoms with Gasteiger partial charge in [0.1, 0.15) is 5.82 Å². The molecule has 0 radical (unpaired) electrons. The molecule has 1 fully saturated rings. The Kier molecular flexibility index (Phi) is 6.78. The molecule has 0 bridgehead atoms. The molecule has 1 aromatic carbocycles. The van der Waals surface area contributed by atoms with Gasteiger partial charge >= 0.3 is 0 Å². The summed E-state index contributed by atoms with van der Waals surface area (Å²) in [5.74, 6) is 0.313. The van der Waals surface area contributed by atoms with E-state index in [0.29, 0.717) is 24.0 Å². The molecule has 1 aliphatic rings. The molecule has 0 saturated carbocycles. The van der Waals surface area contributed by atoms with E-state index in [2.05, 4.69) is 10.3 Å². The summed E-state index contributed by atoms with van der Waals surface area (Å²) in [5.41, 5.74) is 0.890. The second-order valence-corrected chi connectivity index (χ2v) is 8.75. The van der Waals surface area contributed by atoms with Gasteiger partial charge in [-0.15, -0.1) is 0 Å². The number of halogens is 3. The zero-order valence-corrected chi connectivity index (χ0v) is 17.7. The smallest absolute Gasteiger partial charge is 0.245 e. The van der Waals surface area contributed by atoms with E-state index in [-0.39, 0.29) is 5.91 Å². The molecule has 0 spiro atoms. The highest BCUT2D eigenvalue weighted by molar-refractivity contribution is 7.80. The number of hydrogen-bond acceptors (Lipinski definition) is 3. The molecular weight excluding hydrogens is 439 g/mol. The third kappa shape index (κ3) is 5.14. The van der Waals surface area contributed by atoms with Gasteiger partial charge in [0.25, 0.3) is 0 Å². The third-order valence-electron chi connectivity index (χ3n) is 4.09. The van der Waals surface area contributed by atoms with Crippen molar-refractivity contribution in [2.75, 3.05) is 18.0 Å². The van der Waals surface area contributed by atoms with Crippen molar-refractivity contribution < 1.29 is 4.79 Å². The van der Waals surface area contributed by atoms with Gasteiger partial charge in [0.05, 0.1) is 0 Å². The van der Waals surface area contributed by atoms with Crippen LogP contribution in [0, 0.1) is 0 Å². The number of alkyl halides is 3. The Labute approximate surface area is 183 Å². The highest BCUT2D eigenvalue weighted by Gasteiger charge is 2.43. The topological polar surface area (TPSA) is 48.5 Å². The Balaban J connectivity index is 1.73. The summed E-state index contributed by atoms with van der Waals surface area (Å²) in [6.07, 6.45) is 3.84. The van der Waals surface area contributed by atoms with Crippen LogP contribution in [0.25, 0.3) is 6.08 Å². The van der Waals surface area contributed by atoms with Gasteiger partial charge in [-0.2, -0.15) is 0 Å². The summed E-state index contributed by atoms with van der Waals surface area (Å²) >= 11 is 24.0. The molecule has 1 N–H and O–H groups in total. The highest BCUT2D eigenvalue weighted by atomic mass is 35.6. The van der Waals surface area contributed by atoms with Gasteiger partial charge in [-0.05, 0) is 36.0 Å². The van der Waals surface area contributed by atoms with Gasteiger partial charge < -0.3 is 15.1 Å². The van der Waals surface area contributed by atoms with Gasteiger partial charge in [-0.3, -0.25) is 4.79 Å². The zero-order valence-electron chi connectivity index (χ0n) is 14.6. The van der Waals surface area contributed by atoms with Crippen molar-refractivity contribution >= 4 is 69.9 Å². The number of carbonyl (C=O) groups excluding carboxylic acids is 1. The molecule has 1 amide bonds. The summed E-state index contributed by atoms with van der Waals surface area (Å²) in [6.45, 7) is 1.06. The van der Waals surface area contributed by atoms with Crippen molar-refractivity contribution in [1.82, 2.24) is 15.2 Å². The van der Waals surface area contributed by atoms with Gasteiger partial charge in [-0.25, -0.2) is 4.98 Å². The second-order valence-electron chi connectivity index (χ2n) is 6.01. The lowest BCUT2D eigenvalue weighted by Gasteiger charge is -2.34. The van der Waals surface area contributed by atoms with Crippen LogP contribution in [0.5, 0.6) is 0 Å². The Morgan fingerprint density at radius 3 is 2.50 bits per heavy atom. The summed E-state index contributed by atoms with van der Waals surface area (Å²) in [5, 5.41) is 3.17. The monoisotopic (exact) mass is 454 g/mol. The van der Waals surface area contributed by atoms with Crippen LogP contribution < -0.4 is 10.2 Å². The molecule has 1 aliphatic heterocycles. The molecule has 9 heteroatoms. The fourth-order valence-corrected chi connectivity index (χ4v) is 3.67. The van der Waals surface area contributed by atoms with Crippen molar-refractivity contribution in [3.63, 3.8) is 0 Å². The Hall–Kier alpha value is -1.86. The quantitative estimate of drug-likeness (QED) is 0.419. The molecular formula is C19H17Cl3N4OS. The predicted octanol–water partition coefficient (Wildman–Crippen LogP) is 4.01. The van der Waals surface area contributed by atoms with Crippen molar-refractivity contribution in [3.05, 3.63) is 66.4 Å². The SMILES string of the molecule is O=C(/C=C/c1ccccc1)NC(N1CCN(c2ccccn2)C1=S)C(Cl)(Cl)Cl. The standard InChI is InChI=1S/C19H17Cl3N4OS/c20-19(21,22)17(24-16(27)10-9-14-6-2-1-3-7-14)26-13-12-25(18(26)28)15-8-4-5-11-23-15/h1-11,17H,12-13H2,(H,24,27)/b10-9+. The van der Waals surface area contributed by atoms with Crippen LogP contribution in [0.1, 0.15) is 5.56 Å². The minimum absolute atomic E-state index is 0.390. The number of nitrogens with zero attached hydrogens (tertiary/aromatic N) is 3. The number of nitrogens with one attached hydrogen (secondary N) is 1. The first kappa shape index (κ1) is 20.9. The first-order chi connectivity index (χ1) is 13.4. The van der Waals surface area contributed by atoms with E-state index in [1.165, 1.54) is 6.08 Å². The fraction of sp³-hybridized carbons (Fsp3) is 0.211. The van der Waals surface area contributed by atoms with Crippen LogP contribution in [0.4, 0.5) is 5.82 Å². The number of pyridine rings is 1. The number of carbonyl (C=O) groups is 1. The first-order valence-corrected chi connectivity index (χ1v) is 10.00. The van der Waals surface area contributed by atoms with E-state index >= 15 is 0 Å². The summed E-state index contributed by atoms with van der Waals surface area (Å²) in [6, 6.07) is 15.0. The number of anilines is 1. The Bertz CT molecular complexity index is 858. The second kappa shape index (κ2) is 9.09. The van der Waals surface area contributed by atoms with Crippen LogP contribution in [-0.2, 0) is 4.79 Å². The molecule has 146 valence electrons. The van der Waals surface area contributed by atoms with Gasteiger partial charge in [0.2, 0.25) is 9.70 Å². The largest absolute Gasteiger partial charge is 0.328 e. The normalized spacial score (nSPS) is 15.9. The van der Waals surface area contributed by atoms with E-state index in [0.717, 1.165) is 5.56 Å². The van der Waals surface area contributed by atoms with Crippen molar-refractivity contribution in [1.29, 1.82) is 0 Å². The van der Waals surface area contributed by atoms with Crippen LogP contribution in [0.3, 0.4) is 0 Å². The minimum atomic E-state index is -1.78. The first-order valence-electron chi connectivity index (χ1n) is 8.46. The minimum Gasteiger partial charge on any atom is -0.328 e. The van der Waals surface area contributed by atoms with Crippen LogP contribution in [-0.4, -0.2) is 44.0 Å². The highest BCUT2D eigenvalue weighted by Crippen LogP contribution is 2.34. The number of aromatic nitrogens is 1. The van der Waals surface area contributed by atoms with Crippen LogP contribution in [0.15, 0.2) is 60.8 Å². The lowest BCUT2D eigenvalue weighted by Crippen LogP contribution is -2.56. The lowest BCUT2D eigenvalue weighted by molar-refractivity contribution is -0.117. The van der Waals surface area contributed by atoms with E-state index in [4.69, 9.17) is 47.0 Å². The van der Waals surface area contributed by atoms with Gasteiger partial charge in [0.15, 0.2) is 11.3 Å². The fourth-order valence-electron chi connectivity index (χ4n) is 2.77. The molecule has 5 nitrogen and oxygen atoms in total. The van der Waals surface area contributed by atoms with Crippen molar-refractivity contribution in [2.45, 2.75) is 9.96 Å². The maximum Gasteiger partial charge on any atom is 0.245 e. The number of amides is 1. The Morgan fingerprint density at radius 2 is 1.86 bits per heavy atom. The molecule has 1 saturated heterocycles. The molecule has 2 heterocycles. The lowest BCUT2D eigenvalue weighted by atomic mass is 10.2. The molecule has 3 rings (SSSR count).